The maximum absolute atomic E-state index is 12.2. The number of benzene rings is 2. The van der Waals surface area contributed by atoms with Crippen molar-refractivity contribution >= 4 is 34.7 Å². The third-order valence-corrected chi connectivity index (χ3v) is 4.68. The molecule has 0 atom stereocenters. The number of aromatic nitrogens is 2. The monoisotopic (exact) mass is 406 g/mol. The molecule has 0 bridgehead atoms. The normalized spacial score (nSPS) is 11.6. The van der Waals surface area contributed by atoms with Gasteiger partial charge in [0.1, 0.15) is 10.8 Å². The van der Waals surface area contributed by atoms with Crippen LogP contribution in [0.2, 0.25) is 10.0 Å². The molecule has 1 heterocycles. The van der Waals surface area contributed by atoms with E-state index in [4.69, 9.17) is 23.2 Å². The van der Waals surface area contributed by atoms with Gasteiger partial charge in [0.2, 0.25) is 0 Å². The molecule has 0 radical (unpaired) electrons. The molecule has 0 aliphatic carbocycles. The van der Waals surface area contributed by atoms with Crippen molar-refractivity contribution in [2.75, 3.05) is 0 Å². The van der Waals surface area contributed by atoms with Crippen molar-refractivity contribution in [1.82, 2.24) is 8.94 Å². The molecule has 0 aliphatic heterocycles. The Labute approximate surface area is 153 Å². The number of halogens is 5. The van der Waals surface area contributed by atoms with Gasteiger partial charge >= 0.3 is 12.1 Å². The number of rotatable bonds is 3. The van der Waals surface area contributed by atoms with Crippen molar-refractivity contribution in [1.29, 1.82) is 0 Å². The average molecular weight is 407 g/mol. The van der Waals surface area contributed by atoms with Crippen molar-refractivity contribution in [3.63, 3.8) is 0 Å². The minimum absolute atomic E-state index is 0.302. The number of ether oxygens (including phenoxy) is 1. The molecule has 10 heteroatoms. The summed E-state index contributed by atoms with van der Waals surface area (Å²) in [5.41, 5.74) is 0.163. The lowest BCUT2D eigenvalue weighted by Crippen LogP contribution is -2.17. The molecular weight excluding hydrogens is 400 g/mol. The van der Waals surface area contributed by atoms with Crippen molar-refractivity contribution in [2.45, 2.75) is 6.36 Å². The second-order valence-electron chi connectivity index (χ2n) is 4.72. The first kappa shape index (κ1) is 17.8. The Morgan fingerprint density at radius 1 is 1.04 bits per heavy atom. The first-order valence-electron chi connectivity index (χ1n) is 6.65. The van der Waals surface area contributed by atoms with Gasteiger partial charge in [0.05, 0.1) is 15.7 Å². The van der Waals surface area contributed by atoms with Crippen LogP contribution in [0.4, 0.5) is 13.2 Å². The highest BCUT2D eigenvalue weighted by molar-refractivity contribution is 7.10. The molecule has 130 valence electrons. The maximum atomic E-state index is 12.2. The summed E-state index contributed by atoms with van der Waals surface area (Å²) in [5, 5.41) is 0.973. The van der Waals surface area contributed by atoms with Crippen LogP contribution in [0.5, 0.6) is 5.75 Å². The summed E-state index contributed by atoms with van der Waals surface area (Å²) in [6.45, 7) is 0. The number of hydrogen-bond acceptors (Lipinski definition) is 4. The minimum atomic E-state index is -4.78. The summed E-state index contributed by atoms with van der Waals surface area (Å²) >= 11 is 13.2. The highest BCUT2D eigenvalue weighted by Gasteiger charge is 2.31. The summed E-state index contributed by atoms with van der Waals surface area (Å²) in [6.07, 6.45) is -4.78. The molecule has 25 heavy (non-hydrogen) atoms. The molecule has 2 aromatic carbocycles. The van der Waals surface area contributed by atoms with Crippen LogP contribution in [0.1, 0.15) is 0 Å². The Morgan fingerprint density at radius 3 is 2.20 bits per heavy atom. The van der Waals surface area contributed by atoms with Gasteiger partial charge in [0, 0.05) is 5.56 Å². The van der Waals surface area contributed by atoms with Gasteiger partial charge in [-0.25, -0.2) is 8.75 Å². The van der Waals surface area contributed by atoms with E-state index in [1.807, 2.05) is 0 Å². The highest BCUT2D eigenvalue weighted by atomic mass is 35.5. The lowest BCUT2D eigenvalue weighted by molar-refractivity contribution is -0.274. The molecule has 4 nitrogen and oxygen atoms in total. The summed E-state index contributed by atoms with van der Waals surface area (Å²) in [7, 11) is 0. The Hall–Kier alpha value is -2.03. The van der Waals surface area contributed by atoms with Gasteiger partial charge in [0.25, 0.3) is 0 Å². The molecule has 3 rings (SSSR count). The van der Waals surface area contributed by atoms with Gasteiger partial charge in [-0.15, -0.1) is 13.2 Å². The van der Waals surface area contributed by atoms with Crippen LogP contribution in [-0.4, -0.2) is 15.3 Å². The quantitative estimate of drug-likeness (QED) is 0.602. The van der Waals surface area contributed by atoms with Crippen LogP contribution in [-0.2, 0) is 0 Å². The van der Waals surface area contributed by atoms with Gasteiger partial charge in [-0.3, -0.25) is 0 Å². The van der Waals surface area contributed by atoms with E-state index in [0.29, 0.717) is 26.3 Å². The minimum Gasteiger partial charge on any atom is -0.406 e. The fourth-order valence-electron chi connectivity index (χ4n) is 2.03. The molecule has 0 N–H and O–H groups in total. The third kappa shape index (κ3) is 3.97. The van der Waals surface area contributed by atoms with E-state index in [2.05, 4.69) is 9.72 Å². The van der Waals surface area contributed by atoms with Crippen LogP contribution in [0.15, 0.2) is 47.3 Å². The zero-order valence-electron chi connectivity index (χ0n) is 12.1. The zero-order valence-corrected chi connectivity index (χ0v) is 14.4. The van der Waals surface area contributed by atoms with Crippen LogP contribution in [0.25, 0.3) is 16.3 Å². The summed E-state index contributed by atoms with van der Waals surface area (Å²) in [6, 6.07) is 9.74. The predicted molar refractivity (Wildman–Crippen MR) is 89.9 cm³/mol. The summed E-state index contributed by atoms with van der Waals surface area (Å²) < 4.78 is 41.6. The van der Waals surface area contributed by atoms with Gasteiger partial charge < -0.3 is 4.74 Å². The molecule has 0 saturated heterocycles. The molecule has 1 aromatic heterocycles. The first-order chi connectivity index (χ1) is 11.7. The van der Waals surface area contributed by atoms with E-state index in [9.17, 15) is 18.0 Å². The molecule has 0 saturated carbocycles. The van der Waals surface area contributed by atoms with Gasteiger partial charge in [-0.2, -0.15) is 4.98 Å². The molecule has 0 aliphatic rings. The van der Waals surface area contributed by atoms with E-state index < -0.39 is 12.1 Å². The molecular formula is C15H7Cl2F3N2O2S. The Morgan fingerprint density at radius 2 is 1.64 bits per heavy atom. The lowest BCUT2D eigenvalue weighted by Gasteiger charge is -2.09. The highest BCUT2D eigenvalue weighted by Crippen LogP contribution is 2.35. The van der Waals surface area contributed by atoms with Gasteiger partial charge in [-0.05, 0) is 47.9 Å². The van der Waals surface area contributed by atoms with Crippen molar-refractivity contribution in [3.05, 3.63) is 63.0 Å². The van der Waals surface area contributed by atoms with Crippen LogP contribution in [0.3, 0.4) is 0 Å². The second kappa shape index (κ2) is 6.70. The smallest absolute Gasteiger partial charge is 0.406 e. The molecule has 3 aromatic rings. The van der Waals surface area contributed by atoms with Crippen LogP contribution < -0.4 is 10.4 Å². The van der Waals surface area contributed by atoms with E-state index in [1.54, 1.807) is 18.2 Å². The van der Waals surface area contributed by atoms with Crippen molar-refractivity contribution in [2.24, 2.45) is 0 Å². The standard InChI is InChI=1S/C15H7Cl2F3N2O2S/c16-10-2-1-3-11(17)12(10)13-21-14(23)22(25-13)8-4-6-9(7-5-8)24-15(18,19)20/h1-7H. The molecule has 0 fully saturated rings. The van der Waals surface area contributed by atoms with Crippen molar-refractivity contribution in [3.8, 4) is 22.0 Å². The maximum Gasteiger partial charge on any atom is 0.573 e. The zero-order chi connectivity index (χ0) is 18.2. The largest absolute Gasteiger partial charge is 0.573 e. The topological polar surface area (TPSA) is 44.1 Å². The van der Waals surface area contributed by atoms with Gasteiger partial charge in [0.15, 0.2) is 0 Å². The summed E-state index contributed by atoms with van der Waals surface area (Å²) in [4.78, 5) is 16.0. The Balaban J connectivity index is 1.97. The molecule has 0 unspecified atom stereocenters. The van der Waals surface area contributed by atoms with E-state index >= 15 is 0 Å². The van der Waals surface area contributed by atoms with Crippen LogP contribution in [0, 0.1) is 0 Å². The number of nitrogens with zero attached hydrogens (tertiary/aromatic N) is 2. The Kier molecular flexibility index (Phi) is 4.77. The first-order valence-corrected chi connectivity index (χ1v) is 8.18. The predicted octanol–water partition coefficient (Wildman–Crippen LogP) is 5.17. The fraction of sp³-hybridized carbons (Fsp3) is 0.0667. The van der Waals surface area contributed by atoms with Crippen molar-refractivity contribution < 1.29 is 17.9 Å². The van der Waals surface area contributed by atoms with E-state index in [0.717, 1.165) is 23.7 Å². The summed E-state index contributed by atoms with van der Waals surface area (Å²) in [5.74, 6) is -0.386. The lowest BCUT2D eigenvalue weighted by atomic mass is 10.2. The number of hydrogen-bond donors (Lipinski definition) is 0. The average Bonchev–Trinajstić information content (AvgIpc) is 2.88. The van der Waals surface area contributed by atoms with Gasteiger partial charge in [-0.1, -0.05) is 29.3 Å². The van der Waals surface area contributed by atoms with E-state index in [-0.39, 0.29) is 5.75 Å². The SMILES string of the molecule is O=c1nc(-c2c(Cl)cccc2Cl)sn1-c1ccc(OC(F)(F)F)cc1. The molecule has 0 amide bonds. The molecule has 0 spiro atoms. The fourth-order valence-corrected chi connectivity index (χ4v) is 3.67. The van der Waals surface area contributed by atoms with Crippen LogP contribution >= 0.6 is 34.7 Å². The third-order valence-electron chi connectivity index (χ3n) is 3.03. The second-order valence-corrected chi connectivity index (χ2v) is 6.47. The van der Waals surface area contributed by atoms with E-state index in [1.165, 1.54) is 16.1 Å². The Bertz CT molecular complexity index is 948. The number of alkyl halides is 3.